The molecule has 160 valence electrons. The molecule has 0 aliphatic carbocycles. The largest absolute Gasteiger partial charge is 0.507 e. The van der Waals surface area contributed by atoms with Gasteiger partial charge in [-0.15, -0.1) is 0 Å². The van der Waals surface area contributed by atoms with Gasteiger partial charge in [0.1, 0.15) is 23.9 Å². The number of carbonyl (C=O) groups is 2. The Hall–Kier alpha value is -3.90. The summed E-state index contributed by atoms with van der Waals surface area (Å²) in [6.45, 7) is 3.95. The maximum Gasteiger partial charge on any atom is 0.301 e. The number of rotatable bonds is 6. The number of Topliss-reactive ketones (excluding diaryl/α,β-unsaturated/α-hetero) is 1. The minimum Gasteiger partial charge on any atom is -0.507 e. The smallest absolute Gasteiger partial charge is 0.301 e. The SMILES string of the molecule is C=CCOc1ccc(C(O)=C2C(=O)C(=O)N(c3ccccn3)[C@H]2c2cccc(Cl)c2)cc1. The van der Waals surface area contributed by atoms with E-state index in [9.17, 15) is 14.7 Å². The fourth-order valence-electron chi connectivity index (χ4n) is 3.58. The van der Waals surface area contributed by atoms with Gasteiger partial charge in [0.25, 0.3) is 5.78 Å². The average molecular weight is 447 g/mol. The van der Waals surface area contributed by atoms with Gasteiger partial charge in [0.2, 0.25) is 0 Å². The summed E-state index contributed by atoms with van der Waals surface area (Å²) >= 11 is 6.19. The van der Waals surface area contributed by atoms with Crippen LogP contribution in [0.1, 0.15) is 17.2 Å². The predicted octanol–water partition coefficient (Wildman–Crippen LogP) is 4.93. The number of anilines is 1. The second-order valence-electron chi connectivity index (χ2n) is 7.04. The minimum atomic E-state index is -0.889. The molecule has 32 heavy (non-hydrogen) atoms. The van der Waals surface area contributed by atoms with Crippen LogP contribution in [0.5, 0.6) is 5.75 Å². The third-order valence-electron chi connectivity index (χ3n) is 5.00. The van der Waals surface area contributed by atoms with E-state index in [2.05, 4.69) is 11.6 Å². The number of ketones is 1. The summed E-state index contributed by atoms with van der Waals surface area (Å²) in [7, 11) is 0. The number of aromatic nitrogens is 1. The second kappa shape index (κ2) is 9.08. The first-order valence-corrected chi connectivity index (χ1v) is 10.2. The van der Waals surface area contributed by atoms with Crippen molar-refractivity contribution < 1.29 is 19.4 Å². The number of amides is 1. The summed E-state index contributed by atoms with van der Waals surface area (Å²) in [6.07, 6.45) is 3.16. The van der Waals surface area contributed by atoms with Crippen LogP contribution in [0.25, 0.3) is 5.76 Å². The van der Waals surface area contributed by atoms with E-state index >= 15 is 0 Å². The molecule has 2 aromatic carbocycles. The molecule has 0 spiro atoms. The van der Waals surface area contributed by atoms with Gasteiger partial charge in [-0.2, -0.15) is 0 Å². The average Bonchev–Trinajstić information content (AvgIpc) is 3.08. The Bertz CT molecular complexity index is 1210. The van der Waals surface area contributed by atoms with Gasteiger partial charge in [0.15, 0.2) is 0 Å². The molecule has 1 atom stereocenters. The Morgan fingerprint density at radius 3 is 2.56 bits per heavy atom. The number of aliphatic hydroxyl groups excluding tert-OH is 1. The van der Waals surface area contributed by atoms with Crippen molar-refractivity contribution in [1.29, 1.82) is 0 Å². The van der Waals surface area contributed by atoms with E-state index in [1.165, 1.54) is 11.1 Å². The fraction of sp³-hybridized carbons (Fsp3) is 0.0800. The highest BCUT2D eigenvalue weighted by Gasteiger charge is 2.47. The van der Waals surface area contributed by atoms with Crippen molar-refractivity contribution in [2.24, 2.45) is 0 Å². The highest BCUT2D eigenvalue weighted by atomic mass is 35.5. The number of pyridine rings is 1. The number of hydrogen-bond acceptors (Lipinski definition) is 5. The van der Waals surface area contributed by atoms with E-state index < -0.39 is 17.7 Å². The van der Waals surface area contributed by atoms with Crippen molar-refractivity contribution in [1.82, 2.24) is 4.98 Å². The molecule has 0 saturated carbocycles. The number of ether oxygens (including phenoxy) is 1. The second-order valence-corrected chi connectivity index (χ2v) is 7.47. The highest BCUT2D eigenvalue weighted by Crippen LogP contribution is 2.42. The minimum absolute atomic E-state index is 0.0392. The molecule has 1 aliphatic rings. The number of halogens is 1. The molecular formula is C25H19ClN2O4. The van der Waals surface area contributed by atoms with Crippen LogP contribution in [0, 0.1) is 0 Å². The lowest BCUT2D eigenvalue weighted by Gasteiger charge is -2.24. The standard InChI is InChI=1S/C25H19ClN2O4/c1-2-14-32-19-11-9-16(10-12-19)23(29)21-22(17-6-5-7-18(26)15-17)28(25(31)24(21)30)20-8-3-4-13-27-20/h2-13,15,22,29H,1,14H2/t22-/m0/s1. The molecule has 1 aromatic heterocycles. The van der Waals surface area contributed by atoms with Gasteiger partial charge in [0.05, 0.1) is 11.6 Å². The Morgan fingerprint density at radius 1 is 1.12 bits per heavy atom. The van der Waals surface area contributed by atoms with Crippen LogP contribution < -0.4 is 9.64 Å². The molecule has 3 aromatic rings. The summed E-state index contributed by atoms with van der Waals surface area (Å²) in [5, 5.41) is 11.6. The zero-order chi connectivity index (χ0) is 22.7. The number of nitrogens with zero attached hydrogens (tertiary/aromatic N) is 2. The zero-order valence-corrected chi connectivity index (χ0v) is 17.7. The molecule has 1 fully saturated rings. The molecule has 0 bridgehead atoms. The van der Waals surface area contributed by atoms with Crippen molar-refractivity contribution >= 4 is 34.9 Å². The Morgan fingerprint density at radius 2 is 1.91 bits per heavy atom. The fourth-order valence-corrected chi connectivity index (χ4v) is 3.78. The van der Waals surface area contributed by atoms with Gasteiger partial charge in [-0.3, -0.25) is 14.5 Å². The molecule has 1 N–H and O–H groups in total. The lowest BCUT2D eigenvalue weighted by atomic mass is 9.95. The predicted molar refractivity (Wildman–Crippen MR) is 123 cm³/mol. The van der Waals surface area contributed by atoms with Crippen LogP contribution in [-0.4, -0.2) is 28.4 Å². The van der Waals surface area contributed by atoms with Crippen LogP contribution in [0.2, 0.25) is 5.02 Å². The van der Waals surface area contributed by atoms with Crippen LogP contribution in [-0.2, 0) is 9.59 Å². The summed E-state index contributed by atoms with van der Waals surface area (Å²) < 4.78 is 5.46. The van der Waals surface area contributed by atoms with Crippen molar-refractivity contribution in [3.05, 3.63) is 107 Å². The normalized spacial score (nSPS) is 17.4. The lowest BCUT2D eigenvalue weighted by Crippen LogP contribution is -2.30. The summed E-state index contributed by atoms with van der Waals surface area (Å²) in [4.78, 5) is 31.6. The van der Waals surface area contributed by atoms with Gasteiger partial charge >= 0.3 is 5.91 Å². The summed E-state index contributed by atoms with van der Waals surface area (Å²) in [5.74, 6) is -0.984. The van der Waals surface area contributed by atoms with E-state index in [4.69, 9.17) is 16.3 Å². The van der Waals surface area contributed by atoms with E-state index in [1.807, 2.05) is 0 Å². The first kappa shape index (κ1) is 21.3. The van der Waals surface area contributed by atoms with E-state index in [0.29, 0.717) is 34.3 Å². The van der Waals surface area contributed by atoms with Crippen molar-refractivity contribution in [3.63, 3.8) is 0 Å². The maximum absolute atomic E-state index is 13.1. The molecule has 4 rings (SSSR count). The van der Waals surface area contributed by atoms with Crippen LogP contribution in [0.15, 0.2) is 91.2 Å². The molecular weight excluding hydrogens is 428 g/mol. The van der Waals surface area contributed by atoms with E-state index in [1.54, 1.807) is 72.8 Å². The van der Waals surface area contributed by atoms with Gasteiger partial charge in [0, 0.05) is 16.8 Å². The lowest BCUT2D eigenvalue weighted by molar-refractivity contribution is -0.132. The van der Waals surface area contributed by atoms with Crippen LogP contribution in [0.4, 0.5) is 5.82 Å². The molecule has 1 saturated heterocycles. The van der Waals surface area contributed by atoms with Crippen LogP contribution in [0.3, 0.4) is 0 Å². The number of hydrogen-bond donors (Lipinski definition) is 1. The number of benzene rings is 2. The first-order chi connectivity index (χ1) is 15.5. The monoisotopic (exact) mass is 446 g/mol. The quantitative estimate of drug-likeness (QED) is 0.251. The van der Waals surface area contributed by atoms with Crippen LogP contribution >= 0.6 is 11.6 Å². The zero-order valence-electron chi connectivity index (χ0n) is 16.9. The van der Waals surface area contributed by atoms with E-state index in [-0.39, 0.29) is 11.3 Å². The van der Waals surface area contributed by atoms with Crippen molar-refractivity contribution in [2.45, 2.75) is 6.04 Å². The Labute approximate surface area is 190 Å². The molecule has 2 heterocycles. The third kappa shape index (κ3) is 4.00. The highest BCUT2D eigenvalue weighted by molar-refractivity contribution is 6.51. The summed E-state index contributed by atoms with van der Waals surface area (Å²) in [6, 6.07) is 17.6. The number of carbonyl (C=O) groups excluding carboxylic acids is 2. The Balaban J connectivity index is 1.85. The molecule has 6 nitrogen and oxygen atoms in total. The van der Waals surface area contributed by atoms with Crippen molar-refractivity contribution in [2.75, 3.05) is 11.5 Å². The Kier molecular flexibility index (Phi) is 6.05. The van der Waals surface area contributed by atoms with Gasteiger partial charge in [-0.05, 0) is 54.1 Å². The molecule has 1 aliphatic heterocycles. The molecule has 1 amide bonds. The molecule has 7 heteroatoms. The maximum atomic E-state index is 13.1. The first-order valence-electron chi connectivity index (χ1n) is 9.83. The molecule has 0 unspecified atom stereocenters. The summed E-state index contributed by atoms with van der Waals surface area (Å²) in [5.41, 5.74) is 0.916. The van der Waals surface area contributed by atoms with E-state index in [0.717, 1.165) is 0 Å². The van der Waals surface area contributed by atoms with Gasteiger partial charge in [-0.25, -0.2) is 4.98 Å². The topological polar surface area (TPSA) is 79.7 Å². The van der Waals surface area contributed by atoms with Gasteiger partial charge < -0.3 is 9.84 Å². The molecule has 0 radical (unpaired) electrons. The third-order valence-corrected chi connectivity index (χ3v) is 5.24. The number of aliphatic hydroxyl groups is 1. The van der Waals surface area contributed by atoms with Gasteiger partial charge in [-0.1, -0.05) is 42.5 Å². The van der Waals surface area contributed by atoms with Crippen molar-refractivity contribution in [3.8, 4) is 5.75 Å².